The van der Waals surface area contributed by atoms with Gasteiger partial charge < -0.3 is 14.5 Å². The number of methoxy groups -OCH3 is 1. The summed E-state index contributed by atoms with van der Waals surface area (Å²) in [6, 6.07) is 12.0. The summed E-state index contributed by atoms with van der Waals surface area (Å²) >= 11 is 2.78. The van der Waals surface area contributed by atoms with E-state index in [1.807, 2.05) is 5.38 Å². The summed E-state index contributed by atoms with van der Waals surface area (Å²) in [5.74, 6) is -0.159. The minimum atomic E-state index is -0.737. The molecule has 0 unspecified atom stereocenters. The highest BCUT2D eigenvalue weighted by Crippen LogP contribution is 2.25. The first-order valence-electron chi connectivity index (χ1n) is 8.61. The van der Waals surface area contributed by atoms with Gasteiger partial charge in [-0.15, -0.1) is 11.3 Å². The van der Waals surface area contributed by atoms with Crippen molar-refractivity contribution in [3.05, 3.63) is 84.5 Å². The molecular formula is C21H15NO5S2. The number of thiophene rings is 2. The van der Waals surface area contributed by atoms with Gasteiger partial charge in [0.2, 0.25) is 5.78 Å². The predicted octanol–water partition coefficient (Wildman–Crippen LogP) is 4.09. The van der Waals surface area contributed by atoms with E-state index in [4.69, 9.17) is 9.15 Å². The Morgan fingerprint density at radius 1 is 1.17 bits per heavy atom. The van der Waals surface area contributed by atoms with Gasteiger partial charge in [0.15, 0.2) is 11.3 Å². The predicted molar refractivity (Wildman–Crippen MR) is 112 cm³/mol. The van der Waals surface area contributed by atoms with Crippen LogP contribution in [-0.4, -0.2) is 18.8 Å². The van der Waals surface area contributed by atoms with Gasteiger partial charge in [-0.1, -0.05) is 12.1 Å². The fourth-order valence-corrected chi connectivity index (χ4v) is 4.38. The molecule has 6 nitrogen and oxygen atoms in total. The molecule has 1 N–H and O–H groups in total. The topological polar surface area (TPSA) is 85.6 Å². The van der Waals surface area contributed by atoms with Crippen LogP contribution in [0.15, 0.2) is 62.4 Å². The number of ether oxygens (including phenoxy) is 1. The molecule has 8 heteroatoms. The number of benzene rings is 1. The molecule has 4 rings (SSSR count). The Morgan fingerprint density at radius 3 is 2.79 bits per heavy atom. The van der Waals surface area contributed by atoms with Crippen molar-refractivity contribution >= 4 is 45.3 Å². The van der Waals surface area contributed by atoms with E-state index < -0.39 is 11.5 Å². The Morgan fingerprint density at radius 2 is 2.03 bits per heavy atom. The van der Waals surface area contributed by atoms with Crippen LogP contribution in [0.1, 0.15) is 30.5 Å². The molecule has 1 amide bonds. The first kappa shape index (κ1) is 19.1. The van der Waals surface area contributed by atoms with Gasteiger partial charge in [-0.2, -0.15) is 11.3 Å². The maximum absolute atomic E-state index is 12.5. The molecule has 0 bridgehead atoms. The Labute approximate surface area is 173 Å². The number of hydrogen-bond acceptors (Lipinski definition) is 7. The van der Waals surface area contributed by atoms with Crippen molar-refractivity contribution in [2.24, 2.45) is 0 Å². The van der Waals surface area contributed by atoms with Crippen LogP contribution < -0.4 is 15.7 Å². The second kappa shape index (κ2) is 8.02. The second-order valence-electron chi connectivity index (χ2n) is 6.12. The zero-order valence-electron chi connectivity index (χ0n) is 15.3. The Hall–Kier alpha value is -3.23. The highest BCUT2D eigenvalue weighted by atomic mass is 32.1. The van der Waals surface area contributed by atoms with Crippen LogP contribution >= 0.6 is 22.7 Å². The molecule has 0 atom stereocenters. The number of rotatable bonds is 6. The van der Waals surface area contributed by atoms with Gasteiger partial charge in [-0.3, -0.25) is 9.59 Å². The summed E-state index contributed by atoms with van der Waals surface area (Å²) in [5.41, 5.74) is 0.124. The minimum Gasteiger partial charge on any atom is -0.493 e. The SMILES string of the molecule is COc1cccc2cc(C(=O)NCc3ccc(C(=O)c4ccsc4)s3)c(=O)oc12. The van der Waals surface area contributed by atoms with E-state index >= 15 is 0 Å². The molecule has 1 aromatic carbocycles. The molecule has 0 radical (unpaired) electrons. The van der Waals surface area contributed by atoms with Crippen LogP contribution in [0.2, 0.25) is 0 Å². The maximum Gasteiger partial charge on any atom is 0.349 e. The average molecular weight is 425 g/mol. The molecule has 0 spiro atoms. The molecule has 0 saturated carbocycles. The molecule has 146 valence electrons. The molecule has 0 aliphatic rings. The monoisotopic (exact) mass is 425 g/mol. The lowest BCUT2D eigenvalue weighted by Crippen LogP contribution is -2.27. The summed E-state index contributed by atoms with van der Waals surface area (Å²) in [6.07, 6.45) is 0. The Bertz CT molecular complexity index is 1250. The highest BCUT2D eigenvalue weighted by molar-refractivity contribution is 7.14. The molecule has 3 aromatic heterocycles. The second-order valence-corrected chi connectivity index (χ2v) is 8.06. The molecule has 4 aromatic rings. The number of fused-ring (bicyclic) bond motifs is 1. The lowest BCUT2D eigenvalue weighted by atomic mass is 10.1. The Balaban J connectivity index is 1.50. The van der Waals surface area contributed by atoms with Gasteiger partial charge in [0, 0.05) is 21.2 Å². The van der Waals surface area contributed by atoms with Gasteiger partial charge in [-0.05, 0) is 35.7 Å². The first-order valence-corrected chi connectivity index (χ1v) is 10.4. The molecule has 3 heterocycles. The van der Waals surface area contributed by atoms with Crippen molar-refractivity contribution in [2.75, 3.05) is 7.11 Å². The summed E-state index contributed by atoms with van der Waals surface area (Å²) in [4.78, 5) is 38.5. The number of amides is 1. The van der Waals surface area contributed by atoms with Crippen LogP contribution in [0.5, 0.6) is 5.75 Å². The minimum absolute atomic E-state index is 0.0436. The van der Waals surface area contributed by atoms with E-state index in [1.54, 1.807) is 41.8 Å². The quantitative estimate of drug-likeness (QED) is 0.372. The van der Waals surface area contributed by atoms with Crippen molar-refractivity contribution in [1.82, 2.24) is 5.32 Å². The van der Waals surface area contributed by atoms with Gasteiger partial charge in [0.05, 0.1) is 18.5 Å². The van der Waals surface area contributed by atoms with E-state index in [-0.39, 0.29) is 17.9 Å². The van der Waals surface area contributed by atoms with Gasteiger partial charge in [0.1, 0.15) is 5.56 Å². The fraction of sp³-hybridized carbons (Fsp3) is 0.0952. The maximum atomic E-state index is 12.5. The third-order valence-corrected chi connectivity index (χ3v) is 6.05. The van der Waals surface area contributed by atoms with Crippen LogP contribution in [-0.2, 0) is 6.54 Å². The molecule has 0 saturated heterocycles. The lowest BCUT2D eigenvalue weighted by molar-refractivity contribution is 0.0947. The summed E-state index contributed by atoms with van der Waals surface area (Å²) < 4.78 is 10.5. The zero-order chi connectivity index (χ0) is 20.4. The standard InChI is InChI=1S/C21H15NO5S2/c1-26-16-4-2-3-12-9-15(21(25)27-19(12)16)20(24)22-10-14-5-6-17(29-14)18(23)13-7-8-28-11-13/h2-9,11H,10H2,1H3,(H,22,24). The van der Waals surface area contributed by atoms with Crippen molar-refractivity contribution in [3.8, 4) is 5.75 Å². The van der Waals surface area contributed by atoms with Gasteiger partial charge in [-0.25, -0.2) is 4.79 Å². The lowest BCUT2D eigenvalue weighted by Gasteiger charge is -2.06. The molecular weight excluding hydrogens is 410 g/mol. The third-order valence-electron chi connectivity index (χ3n) is 4.28. The highest BCUT2D eigenvalue weighted by Gasteiger charge is 2.17. The fourth-order valence-electron chi connectivity index (χ4n) is 2.83. The largest absolute Gasteiger partial charge is 0.493 e. The zero-order valence-corrected chi connectivity index (χ0v) is 16.9. The molecule has 0 fully saturated rings. The molecule has 29 heavy (non-hydrogen) atoms. The van der Waals surface area contributed by atoms with Crippen LogP contribution in [0, 0.1) is 0 Å². The number of ketones is 1. The molecule has 0 aliphatic heterocycles. The summed E-state index contributed by atoms with van der Waals surface area (Å²) in [6.45, 7) is 0.204. The van der Waals surface area contributed by atoms with Gasteiger partial charge in [0.25, 0.3) is 5.91 Å². The van der Waals surface area contributed by atoms with Crippen molar-refractivity contribution in [3.63, 3.8) is 0 Å². The molecule has 0 aliphatic carbocycles. The van der Waals surface area contributed by atoms with Crippen molar-refractivity contribution < 1.29 is 18.7 Å². The van der Waals surface area contributed by atoms with E-state index in [2.05, 4.69) is 5.32 Å². The van der Waals surface area contributed by atoms with Gasteiger partial charge >= 0.3 is 5.63 Å². The summed E-state index contributed by atoms with van der Waals surface area (Å²) in [7, 11) is 1.48. The average Bonchev–Trinajstić information content (AvgIpc) is 3.43. The van der Waals surface area contributed by atoms with E-state index in [9.17, 15) is 14.4 Å². The summed E-state index contributed by atoms with van der Waals surface area (Å²) in [5, 5.41) is 6.96. The smallest absolute Gasteiger partial charge is 0.349 e. The number of carbonyl (C=O) groups is 2. The van der Waals surface area contributed by atoms with Crippen LogP contribution in [0.4, 0.5) is 0 Å². The van der Waals surface area contributed by atoms with Crippen LogP contribution in [0.25, 0.3) is 11.0 Å². The third kappa shape index (κ3) is 3.85. The number of nitrogens with one attached hydrogen (secondary N) is 1. The Kier molecular flexibility index (Phi) is 5.28. The van der Waals surface area contributed by atoms with E-state index in [0.717, 1.165) is 4.88 Å². The van der Waals surface area contributed by atoms with Crippen molar-refractivity contribution in [1.29, 1.82) is 0 Å². The first-order chi connectivity index (χ1) is 14.1. The van der Waals surface area contributed by atoms with Crippen LogP contribution in [0.3, 0.4) is 0 Å². The normalized spacial score (nSPS) is 10.8. The van der Waals surface area contributed by atoms with Crippen molar-refractivity contribution in [2.45, 2.75) is 6.54 Å². The number of carbonyl (C=O) groups excluding carboxylic acids is 2. The van der Waals surface area contributed by atoms with E-state index in [1.165, 1.54) is 35.8 Å². The van der Waals surface area contributed by atoms with E-state index in [0.29, 0.717) is 27.2 Å². The number of para-hydroxylation sites is 1. The number of hydrogen-bond donors (Lipinski definition) is 1.